The first kappa shape index (κ1) is 13.0. The molecule has 4 nitrogen and oxygen atoms in total. The van der Waals surface area contributed by atoms with Gasteiger partial charge in [0.1, 0.15) is 5.52 Å². The maximum Gasteiger partial charge on any atom is 0.248 e. The highest BCUT2D eigenvalue weighted by Crippen LogP contribution is 2.40. The van der Waals surface area contributed by atoms with E-state index in [0.717, 1.165) is 0 Å². The Kier molecular flexibility index (Phi) is 3.09. The van der Waals surface area contributed by atoms with E-state index in [-0.39, 0.29) is 29.5 Å². The number of hydrogen-bond acceptors (Lipinski definition) is 3. The summed E-state index contributed by atoms with van der Waals surface area (Å²) in [6, 6.07) is -0.122. The van der Waals surface area contributed by atoms with Gasteiger partial charge in [-0.05, 0) is 36.0 Å². The fourth-order valence-electron chi connectivity index (χ4n) is 2.45. The standard InChI is InChI=1S/C11H10Cl2F2N4/c12-9-16-5-7-8(18-9)19(10(13)17-7)6-1-3-11(14,15)4-2-6/h5-6H,1-4H2. The van der Waals surface area contributed by atoms with Crippen LogP contribution in [0.25, 0.3) is 11.2 Å². The third-order valence-electron chi connectivity index (χ3n) is 3.41. The zero-order valence-corrected chi connectivity index (χ0v) is 11.3. The van der Waals surface area contributed by atoms with Crippen LogP contribution in [0.5, 0.6) is 0 Å². The Morgan fingerprint density at radius 3 is 2.58 bits per heavy atom. The van der Waals surface area contributed by atoms with Crippen LogP contribution in [0.15, 0.2) is 6.20 Å². The molecule has 0 bridgehead atoms. The van der Waals surface area contributed by atoms with Gasteiger partial charge in [-0.3, -0.25) is 4.57 Å². The molecule has 0 aliphatic heterocycles. The van der Waals surface area contributed by atoms with Crippen LogP contribution >= 0.6 is 23.2 Å². The highest BCUT2D eigenvalue weighted by Gasteiger charge is 2.36. The summed E-state index contributed by atoms with van der Waals surface area (Å²) in [6.07, 6.45) is 1.88. The SMILES string of the molecule is FC1(F)CCC(n2c(Cl)nc3cnc(Cl)nc32)CC1. The van der Waals surface area contributed by atoms with Crippen LogP contribution in [0.2, 0.25) is 10.6 Å². The van der Waals surface area contributed by atoms with Crippen molar-refractivity contribution in [2.45, 2.75) is 37.6 Å². The van der Waals surface area contributed by atoms with Crippen molar-refractivity contribution >= 4 is 34.4 Å². The number of halogens is 4. The van der Waals surface area contributed by atoms with Gasteiger partial charge in [-0.15, -0.1) is 0 Å². The predicted octanol–water partition coefficient (Wildman–Crippen LogP) is 3.88. The first-order chi connectivity index (χ1) is 8.96. The molecular formula is C11H10Cl2F2N4. The Hall–Kier alpha value is -1.01. The maximum absolute atomic E-state index is 13.2. The second kappa shape index (κ2) is 4.52. The lowest BCUT2D eigenvalue weighted by molar-refractivity contribution is -0.0436. The number of hydrogen-bond donors (Lipinski definition) is 0. The number of alkyl halides is 2. The van der Waals surface area contributed by atoms with E-state index in [9.17, 15) is 8.78 Å². The lowest BCUT2D eigenvalue weighted by atomic mass is 9.92. The Balaban J connectivity index is 2.01. The molecule has 1 aliphatic carbocycles. The van der Waals surface area contributed by atoms with E-state index in [0.29, 0.717) is 24.0 Å². The zero-order chi connectivity index (χ0) is 13.6. The number of nitrogens with zero attached hydrogens (tertiary/aromatic N) is 4. The van der Waals surface area contributed by atoms with Crippen LogP contribution in [-0.4, -0.2) is 25.4 Å². The summed E-state index contributed by atoms with van der Waals surface area (Å²) in [4.78, 5) is 12.0. The van der Waals surface area contributed by atoms with Crippen molar-refractivity contribution < 1.29 is 8.78 Å². The van der Waals surface area contributed by atoms with Crippen molar-refractivity contribution in [3.63, 3.8) is 0 Å². The number of rotatable bonds is 1. The average molecular weight is 307 g/mol. The minimum Gasteiger partial charge on any atom is -0.296 e. The van der Waals surface area contributed by atoms with E-state index < -0.39 is 5.92 Å². The molecule has 1 saturated carbocycles. The van der Waals surface area contributed by atoms with Gasteiger partial charge in [0.15, 0.2) is 5.65 Å². The summed E-state index contributed by atoms with van der Waals surface area (Å²) < 4.78 is 28.1. The van der Waals surface area contributed by atoms with Crippen LogP contribution in [0, 0.1) is 0 Å². The molecular weight excluding hydrogens is 297 g/mol. The number of fused-ring (bicyclic) bond motifs is 1. The van der Waals surface area contributed by atoms with Gasteiger partial charge < -0.3 is 0 Å². The van der Waals surface area contributed by atoms with Gasteiger partial charge in [0.2, 0.25) is 16.5 Å². The molecule has 1 aliphatic rings. The van der Waals surface area contributed by atoms with E-state index in [2.05, 4.69) is 15.0 Å². The maximum atomic E-state index is 13.2. The summed E-state index contributed by atoms with van der Waals surface area (Å²) >= 11 is 11.8. The Bertz CT molecular complexity index is 618. The fourth-order valence-corrected chi connectivity index (χ4v) is 2.89. The molecule has 0 aromatic carbocycles. The van der Waals surface area contributed by atoms with Crippen LogP contribution in [0.3, 0.4) is 0 Å². The summed E-state index contributed by atoms with van der Waals surface area (Å²) in [5, 5.41) is 0.327. The molecule has 0 saturated heterocycles. The van der Waals surface area contributed by atoms with Gasteiger partial charge in [0, 0.05) is 18.9 Å². The smallest absolute Gasteiger partial charge is 0.248 e. The van der Waals surface area contributed by atoms with E-state index in [4.69, 9.17) is 23.2 Å². The van der Waals surface area contributed by atoms with Crippen molar-refractivity contribution in [3.05, 3.63) is 16.8 Å². The van der Waals surface area contributed by atoms with Crippen molar-refractivity contribution in [1.29, 1.82) is 0 Å². The van der Waals surface area contributed by atoms with E-state index >= 15 is 0 Å². The molecule has 0 unspecified atom stereocenters. The van der Waals surface area contributed by atoms with Crippen molar-refractivity contribution in [2.24, 2.45) is 0 Å². The second-order valence-corrected chi connectivity index (χ2v) is 5.36. The van der Waals surface area contributed by atoms with Crippen molar-refractivity contribution in [2.75, 3.05) is 0 Å². The van der Waals surface area contributed by atoms with Crippen LogP contribution < -0.4 is 0 Å². The fraction of sp³-hybridized carbons (Fsp3) is 0.545. The van der Waals surface area contributed by atoms with E-state index in [1.807, 2.05) is 0 Å². The van der Waals surface area contributed by atoms with Gasteiger partial charge in [-0.1, -0.05) is 0 Å². The number of imidazole rings is 1. The summed E-state index contributed by atoms with van der Waals surface area (Å²) in [6.45, 7) is 0. The summed E-state index contributed by atoms with van der Waals surface area (Å²) in [7, 11) is 0. The largest absolute Gasteiger partial charge is 0.296 e. The first-order valence-corrected chi connectivity index (χ1v) is 6.66. The molecule has 0 amide bonds. The third kappa shape index (κ3) is 2.39. The molecule has 0 N–H and O–H groups in total. The lowest BCUT2D eigenvalue weighted by Gasteiger charge is -2.29. The molecule has 0 spiro atoms. The van der Waals surface area contributed by atoms with E-state index in [1.54, 1.807) is 4.57 Å². The molecule has 2 aromatic heterocycles. The average Bonchev–Trinajstić information content (AvgIpc) is 2.65. The van der Waals surface area contributed by atoms with E-state index in [1.165, 1.54) is 6.20 Å². The number of aromatic nitrogens is 4. The molecule has 19 heavy (non-hydrogen) atoms. The molecule has 3 rings (SSSR count). The van der Waals surface area contributed by atoms with Gasteiger partial charge in [0.05, 0.1) is 6.20 Å². The van der Waals surface area contributed by atoms with Crippen LogP contribution in [0.1, 0.15) is 31.7 Å². The minimum absolute atomic E-state index is 0.0893. The summed E-state index contributed by atoms with van der Waals surface area (Å²) in [5.41, 5.74) is 1.02. The molecule has 102 valence electrons. The zero-order valence-electron chi connectivity index (χ0n) is 9.78. The quantitative estimate of drug-likeness (QED) is 0.593. The molecule has 0 radical (unpaired) electrons. The highest BCUT2D eigenvalue weighted by molar-refractivity contribution is 6.29. The van der Waals surface area contributed by atoms with Crippen LogP contribution in [0.4, 0.5) is 8.78 Å². The Labute approximate surface area is 117 Å². The van der Waals surface area contributed by atoms with Gasteiger partial charge in [0.25, 0.3) is 0 Å². The molecule has 0 atom stereocenters. The van der Waals surface area contributed by atoms with Crippen LogP contribution in [-0.2, 0) is 0 Å². The Morgan fingerprint density at radius 2 is 1.89 bits per heavy atom. The second-order valence-electron chi connectivity index (χ2n) is 4.69. The topological polar surface area (TPSA) is 43.6 Å². The molecule has 2 aromatic rings. The normalized spacial score (nSPS) is 20.0. The first-order valence-electron chi connectivity index (χ1n) is 5.90. The Morgan fingerprint density at radius 1 is 1.21 bits per heavy atom. The van der Waals surface area contributed by atoms with Gasteiger partial charge in [-0.25, -0.2) is 18.7 Å². The van der Waals surface area contributed by atoms with Gasteiger partial charge >= 0.3 is 0 Å². The molecule has 2 heterocycles. The third-order valence-corrected chi connectivity index (χ3v) is 3.86. The minimum atomic E-state index is -2.58. The van der Waals surface area contributed by atoms with Gasteiger partial charge in [-0.2, -0.15) is 4.98 Å². The predicted molar refractivity (Wildman–Crippen MR) is 67.8 cm³/mol. The summed E-state index contributed by atoms with van der Waals surface area (Å²) in [5.74, 6) is -2.58. The highest BCUT2D eigenvalue weighted by atomic mass is 35.5. The van der Waals surface area contributed by atoms with Crippen molar-refractivity contribution in [3.8, 4) is 0 Å². The lowest BCUT2D eigenvalue weighted by Crippen LogP contribution is -2.26. The van der Waals surface area contributed by atoms with Crippen molar-refractivity contribution in [1.82, 2.24) is 19.5 Å². The monoisotopic (exact) mass is 306 g/mol. The molecule has 8 heteroatoms. The molecule has 1 fully saturated rings.